The van der Waals surface area contributed by atoms with Gasteiger partial charge < -0.3 is 10.6 Å². The molecule has 0 aromatic heterocycles. The van der Waals surface area contributed by atoms with E-state index >= 15 is 0 Å². The van der Waals surface area contributed by atoms with E-state index in [-0.39, 0.29) is 24.8 Å². The van der Waals surface area contributed by atoms with Gasteiger partial charge in [0, 0.05) is 6.54 Å². The maximum Gasteiger partial charge on any atom is 0.239 e. The normalized spacial score (nSPS) is 10.6. The lowest BCUT2D eigenvalue weighted by atomic mass is 10.0. The van der Waals surface area contributed by atoms with Crippen LogP contribution in [-0.4, -0.2) is 24.9 Å². The summed E-state index contributed by atoms with van der Waals surface area (Å²) in [6.07, 6.45) is 1.04. The van der Waals surface area contributed by atoms with Crippen LogP contribution in [0.15, 0.2) is 66.7 Å². The molecule has 0 aliphatic carbocycles. The van der Waals surface area contributed by atoms with Crippen molar-refractivity contribution in [1.82, 2.24) is 10.6 Å². The van der Waals surface area contributed by atoms with Crippen molar-refractivity contribution in [3.8, 4) is 0 Å². The van der Waals surface area contributed by atoms with Crippen LogP contribution in [0.4, 0.5) is 0 Å². The highest BCUT2D eigenvalue weighted by Gasteiger charge is 2.08. The molecule has 0 saturated heterocycles. The van der Waals surface area contributed by atoms with Gasteiger partial charge in [-0.1, -0.05) is 72.3 Å². The van der Waals surface area contributed by atoms with Crippen molar-refractivity contribution in [1.29, 1.82) is 0 Å². The van der Waals surface area contributed by atoms with Crippen LogP contribution >= 0.6 is 0 Å². The number of rotatable bonds is 7. The smallest absolute Gasteiger partial charge is 0.239 e. The monoisotopic (exact) mass is 360 g/mol. The van der Waals surface area contributed by atoms with Gasteiger partial charge in [0.2, 0.25) is 11.8 Å². The van der Waals surface area contributed by atoms with Crippen LogP contribution < -0.4 is 10.6 Å². The number of hydrogen-bond donors (Lipinski definition) is 2. The van der Waals surface area contributed by atoms with Crippen molar-refractivity contribution >= 4 is 22.6 Å². The fourth-order valence-corrected chi connectivity index (χ4v) is 3.14. The fourth-order valence-electron chi connectivity index (χ4n) is 3.14. The Bertz CT molecular complexity index is 945. The Balaban J connectivity index is 1.44. The van der Waals surface area contributed by atoms with Gasteiger partial charge in [-0.15, -0.1) is 0 Å². The minimum Gasteiger partial charge on any atom is -0.354 e. The van der Waals surface area contributed by atoms with E-state index in [9.17, 15) is 9.59 Å². The second kappa shape index (κ2) is 8.99. The molecule has 27 heavy (non-hydrogen) atoms. The average molecular weight is 360 g/mol. The van der Waals surface area contributed by atoms with E-state index in [1.54, 1.807) is 0 Å². The maximum absolute atomic E-state index is 12.2. The van der Waals surface area contributed by atoms with E-state index in [4.69, 9.17) is 0 Å². The summed E-state index contributed by atoms with van der Waals surface area (Å²) in [5.41, 5.74) is 3.36. The topological polar surface area (TPSA) is 58.2 Å². The van der Waals surface area contributed by atoms with Crippen LogP contribution in [0, 0.1) is 6.92 Å². The third kappa shape index (κ3) is 5.42. The number of amides is 2. The summed E-state index contributed by atoms with van der Waals surface area (Å²) in [4.78, 5) is 24.1. The standard InChI is InChI=1S/C23H24N2O2/c1-17-6-4-7-18(14-17)12-13-24-23(27)16-25-22(26)15-20-10-5-9-19-8-2-3-11-21(19)20/h2-11,14H,12-13,15-16H2,1H3,(H,24,27)(H,25,26). The Hall–Kier alpha value is -3.14. The first kappa shape index (κ1) is 18.6. The van der Waals surface area contributed by atoms with Gasteiger partial charge in [-0.3, -0.25) is 9.59 Å². The van der Waals surface area contributed by atoms with E-state index in [0.29, 0.717) is 6.54 Å². The number of carbonyl (C=O) groups is 2. The molecule has 2 N–H and O–H groups in total. The van der Waals surface area contributed by atoms with Crippen molar-refractivity contribution in [3.05, 3.63) is 83.4 Å². The Morgan fingerprint density at radius 3 is 2.48 bits per heavy atom. The van der Waals surface area contributed by atoms with Crippen LogP contribution in [0.25, 0.3) is 10.8 Å². The molecule has 3 aromatic rings. The van der Waals surface area contributed by atoms with Crippen LogP contribution in [0.2, 0.25) is 0 Å². The van der Waals surface area contributed by atoms with Crippen molar-refractivity contribution in [2.24, 2.45) is 0 Å². The molecule has 4 nitrogen and oxygen atoms in total. The lowest BCUT2D eigenvalue weighted by molar-refractivity contribution is -0.125. The molecule has 0 unspecified atom stereocenters. The predicted molar refractivity (Wildman–Crippen MR) is 109 cm³/mol. The van der Waals surface area contributed by atoms with E-state index in [1.165, 1.54) is 11.1 Å². The lowest BCUT2D eigenvalue weighted by Crippen LogP contribution is -2.38. The quantitative estimate of drug-likeness (QED) is 0.680. The van der Waals surface area contributed by atoms with Gasteiger partial charge >= 0.3 is 0 Å². The first-order valence-corrected chi connectivity index (χ1v) is 9.17. The molecule has 0 spiro atoms. The number of hydrogen-bond acceptors (Lipinski definition) is 2. The van der Waals surface area contributed by atoms with Gasteiger partial charge in [-0.05, 0) is 35.2 Å². The molecular formula is C23H24N2O2. The summed E-state index contributed by atoms with van der Waals surface area (Å²) in [6.45, 7) is 2.60. The molecule has 3 aromatic carbocycles. The van der Waals surface area contributed by atoms with Gasteiger partial charge in [0.25, 0.3) is 0 Å². The minimum atomic E-state index is -0.172. The van der Waals surface area contributed by atoms with Gasteiger partial charge in [0.15, 0.2) is 0 Å². The molecule has 0 aliphatic rings. The van der Waals surface area contributed by atoms with Gasteiger partial charge in [0.1, 0.15) is 0 Å². The molecule has 0 aliphatic heterocycles. The zero-order valence-corrected chi connectivity index (χ0v) is 15.5. The second-order valence-electron chi connectivity index (χ2n) is 6.68. The molecule has 0 atom stereocenters. The summed E-state index contributed by atoms with van der Waals surface area (Å²) in [7, 11) is 0. The van der Waals surface area contributed by atoms with Gasteiger partial charge in [0.05, 0.1) is 13.0 Å². The summed E-state index contributed by atoms with van der Waals surface area (Å²) in [5.74, 6) is -0.325. The molecule has 0 saturated carbocycles. The van der Waals surface area contributed by atoms with Gasteiger partial charge in [-0.25, -0.2) is 0 Å². The Morgan fingerprint density at radius 1 is 0.852 bits per heavy atom. The first-order valence-electron chi connectivity index (χ1n) is 9.17. The second-order valence-corrected chi connectivity index (χ2v) is 6.68. The molecule has 3 rings (SSSR count). The van der Waals surface area contributed by atoms with Crippen molar-refractivity contribution in [2.75, 3.05) is 13.1 Å². The first-order chi connectivity index (χ1) is 13.1. The molecule has 0 radical (unpaired) electrons. The molecule has 138 valence electrons. The van der Waals surface area contributed by atoms with E-state index < -0.39 is 0 Å². The third-order valence-electron chi connectivity index (χ3n) is 4.50. The van der Waals surface area contributed by atoms with E-state index in [0.717, 1.165) is 22.8 Å². The maximum atomic E-state index is 12.2. The molecular weight excluding hydrogens is 336 g/mol. The van der Waals surface area contributed by atoms with Crippen LogP contribution in [0.5, 0.6) is 0 Å². The van der Waals surface area contributed by atoms with Crippen LogP contribution in [0.1, 0.15) is 16.7 Å². The highest BCUT2D eigenvalue weighted by molar-refractivity contribution is 5.91. The Morgan fingerprint density at radius 2 is 1.63 bits per heavy atom. The minimum absolute atomic E-state index is 0.00256. The van der Waals surface area contributed by atoms with Crippen molar-refractivity contribution in [3.63, 3.8) is 0 Å². The molecule has 4 heteroatoms. The Kier molecular flexibility index (Phi) is 6.21. The summed E-state index contributed by atoms with van der Waals surface area (Å²) in [6, 6.07) is 22.1. The number of fused-ring (bicyclic) bond motifs is 1. The van der Waals surface area contributed by atoms with Gasteiger partial charge in [-0.2, -0.15) is 0 Å². The fraction of sp³-hybridized carbons (Fsp3) is 0.217. The number of aryl methyl sites for hydroxylation is 1. The molecule has 2 amide bonds. The summed E-state index contributed by atoms with van der Waals surface area (Å²) < 4.78 is 0. The molecule has 0 heterocycles. The largest absolute Gasteiger partial charge is 0.354 e. The zero-order chi connectivity index (χ0) is 19.1. The lowest BCUT2D eigenvalue weighted by Gasteiger charge is -2.09. The molecule has 0 bridgehead atoms. The summed E-state index contributed by atoms with van der Waals surface area (Å²) in [5, 5.41) is 7.72. The number of benzene rings is 3. The third-order valence-corrected chi connectivity index (χ3v) is 4.50. The SMILES string of the molecule is Cc1cccc(CCNC(=O)CNC(=O)Cc2cccc3ccccc23)c1. The molecule has 0 fully saturated rings. The van der Waals surface area contributed by atoms with Crippen LogP contribution in [-0.2, 0) is 22.4 Å². The Labute approximate surface area is 159 Å². The average Bonchev–Trinajstić information content (AvgIpc) is 2.67. The van der Waals surface area contributed by atoms with Crippen molar-refractivity contribution < 1.29 is 9.59 Å². The highest BCUT2D eigenvalue weighted by atomic mass is 16.2. The highest BCUT2D eigenvalue weighted by Crippen LogP contribution is 2.18. The number of carbonyl (C=O) groups excluding carboxylic acids is 2. The van der Waals surface area contributed by atoms with E-state index in [1.807, 2.05) is 67.6 Å². The van der Waals surface area contributed by atoms with E-state index in [2.05, 4.69) is 16.7 Å². The van der Waals surface area contributed by atoms with Crippen molar-refractivity contribution in [2.45, 2.75) is 19.8 Å². The zero-order valence-electron chi connectivity index (χ0n) is 15.5. The summed E-state index contributed by atoms with van der Waals surface area (Å²) >= 11 is 0. The predicted octanol–water partition coefficient (Wildman–Crippen LogP) is 3.17. The number of nitrogens with one attached hydrogen (secondary N) is 2. The van der Waals surface area contributed by atoms with Crippen LogP contribution in [0.3, 0.4) is 0 Å².